The van der Waals surface area contributed by atoms with E-state index in [1.165, 1.54) is 0 Å². The van der Waals surface area contributed by atoms with Crippen molar-refractivity contribution >= 4 is 16.9 Å². The summed E-state index contributed by atoms with van der Waals surface area (Å²) in [5.74, 6) is -0.345. The first kappa shape index (κ1) is 17.7. The third-order valence-electron chi connectivity index (χ3n) is 4.31. The normalized spacial score (nSPS) is 11.0. The molecule has 3 rings (SSSR count). The molecule has 3 aromatic rings. The van der Waals surface area contributed by atoms with Crippen LogP contribution in [0.1, 0.15) is 26.2 Å². The number of H-pyrrole nitrogens is 2. The molecular weight excluding hydrogens is 332 g/mol. The highest BCUT2D eigenvalue weighted by Crippen LogP contribution is 2.24. The smallest absolute Gasteiger partial charge is 0.329 e. The molecule has 1 aromatic carbocycles. The first-order valence-corrected chi connectivity index (χ1v) is 8.78. The zero-order chi connectivity index (χ0) is 18.5. The number of aromatic amines is 2. The Labute approximate surface area is 150 Å². The van der Waals surface area contributed by atoms with Crippen LogP contribution in [-0.2, 0) is 11.3 Å². The van der Waals surface area contributed by atoms with Gasteiger partial charge in [0.2, 0.25) is 5.91 Å². The van der Waals surface area contributed by atoms with E-state index in [1.54, 1.807) is 6.20 Å². The van der Waals surface area contributed by atoms with Crippen LogP contribution >= 0.6 is 0 Å². The fraction of sp³-hybridized carbons (Fsp3) is 0.316. The number of carbonyl (C=O) groups is 1. The molecule has 0 fully saturated rings. The van der Waals surface area contributed by atoms with Crippen LogP contribution in [0.25, 0.3) is 22.2 Å². The number of aromatic nitrogens is 3. The van der Waals surface area contributed by atoms with E-state index < -0.39 is 11.2 Å². The van der Waals surface area contributed by atoms with Gasteiger partial charge in [-0.05, 0) is 12.0 Å². The third-order valence-corrected chi connectivity index (χ3v) is 4.31. The van der Waals surface area contributed by atoms with Crippen LogP contribution in [0.2, 0.25) is 0 Å². The molecule has 2 heterocycles. The number of rotatable bonds is 7. The lowest BCUT2D eigenvalue weighted by Gasteiger charge is -2.07. The molecule has 1 amide bonds. The SMILES string of the molecule is CCCCCNC(=O)Cn1c(=O)[nH]c2c(-c3ccccc3)c[nH]c2c1=O. The zero-order valence-corrected chi connectivity index (χ0v) is 14.7. The van der Waals surface area contributed by atoms with Gasteiger partial charge in [-0.15, -0.1) is 0 Å². The average Bonchev–Trinajstić information content (AvgIpc) is 3.07. The van der Waals surface area contributed by atoms with Crippen LogP contribution in [0.5, 0.6) is 0 Å². The number of nitrogens with zero attached hydrogens (tertiary/aromatic N) is 1. The first-order chi connectivity index (χ1) is 12.6. The molecule has 0 bridgehead atoms. The van der Waals surface area contributed by atoms with Crippen LogP contribution in [-0.4, -0.2) is 27.0 Å². The van der Waals surface area contributed by atoms with E-state index in [-0.39, 0.29) is 18.0 Å². The minimum atomic E-state index is -0.594. The molecule has 0 aliphatic rings. The molecule has 136 valence electrons. The summed E-state index contributed by atoms with van der Waals surface area (Å²) in [4.78, 5) is 42.7. The van der Waals surface area contributed by atoms with Crippen molar-refractivity contribution in [3.63, 3.8) is 0 Å². The van der Waals surface area contributed by atoms with Crippen LogP contribution in [0.15, 0.2) is 46.1 Å². The topological polar surface area (TPSA) is 99.8 Å². The van der Waals surface area contributed by atoms with Gasteiger partial charge in [0.1, 0.15) is 12.1 Å². The van der Waals surface area contributed by atoms with E-state index >= 15 is 0 Å². The molecule has 0 saturated heterocycles. The van der Waals surface area contributed by atoms with Crippen molar-refractivity contribution in [3.8, 4) is 11.1 Å². The Morgan fingerprint density at radius 3 is 2.62 bits per heavy atom. The second-order valence-corrected chi connectivity index (χ2v) is 6.20. The second kappa shape index (κ2) is 7.86. The van der Waals surface area contributed by atoms with Gasteiger partial charge < -0.3 is 15.3 Å². The Morgan fingerprint density at radius 2 is 1.88 bits per heavy atom. The first-order valence-electron chi connectivity index (χ1n) is 8.78. The molecule has 0 atom stereocenters. The molecule has 0 unspecified atom stereocenters. The van der Waals surface area contributed by atoms with Crippen molar-refractivity contribution in [2.75, 3.05) is 6.54 Å². The fourth-order valence-corrected chi connectivity index (χ4v) is 2.91. The summed E-state index contributed by atoms with van der Waals surface area (Å²) < 4.78 is 0.919. The number of hydrogen-bond donors (Lipinski definition) is 3. The molecule has 0 radical (unpaired) electrons. The summed E-state index contributed by atoms with van der Waals surface area (Å²) in [6.45, 7) is 2.33. The van der Waals surface area contributed by atoms with Gasteiger partial charge in [-0.3, -0.25) is 9.59 Å². The van der Waals surface area contributed by atoms with E-state index in [0.717, 1.165) is 35.0 Å². The maximum atomic E-state index is 12.6. The molecule has 26 heavy (non-hydrogen) atoms. The number of benzene rings is 1. The largest absolute Gasteiger partial charge is 0.355 e. The van der Waals surface area contributed by atoms with Crippen molar-refractivity contribution in [1.29, 1.82) is 0 Å². The molecule has 7 nitrogen and oxygen atoms in total. The van der Waals surface area contributed by atoms with Gasteiger partial charge in [-0.2, -0.15) is 0 Å². The predicted molar refractivity (Wildman–Crippen MR) is 101 cm³/mol. The minimum Gasteiger partial charge on any atom is -0.355 e. The van der Waals surface area contributed by atoms with Crippen molar-refractivity contribution in [3.05, 3.63) is 57.4 Å². The van der Waals surface area contributed by atoms with Crippen molar-refractivity contribution in [2.45, 2.75) is 32.7 Å². The molecule has 0 spiro atoms. The Morgan fingerprint density at radius 1 is 1.12 bits per heavy atom. The Bertz CT molecular complexity index is 1010. The van der Waals surface area contributed by atoms with E-state index in [2.05, 4.69) is 22.2 Å². The maximum absolute atomic E-state index is 12.6. The Balaban J connectivity index is 1.89. The van der Waals surface area contributed by atoms with E-state index in [4.69, 9.17) is 0 Å². The zero-order valence-electron chi connectivity index (χ0n) is 14.7. The summed E-state index contributed by atoms with van der Waals surface area (Å²) in [7, 11) is 0. The van der Waals surface area contributed by atoms with Gasteiger partial charge in [0.25, 0.3) is 5.56 Å². The fourth-order valence-electron chi connectivity index (χ4n) is 2.91. The molecule has 7 heteroatoms. The van der Waals surface area contributed by atoms with Crippen LogP contribution in [0.4, 0.5) is 0 Å². The number of nitrogens with one attached hydrogen (secondary N) is 3. The standard InChI is InChI=1S/C19H22N4O3/c1-2-3-7-10-20-15(24)12-23-18(25)17-16(22-19(23)26)14(11-21-17)13-8-5-4-6-9-13/h4-6,8-9,11,21H,2-3,7,10,12H2,1H3,(H,20,24)(H,22,26). The van der Waals surface area contributed by atoms with E-state index in [9.17, 15) is 14.4 Å². The van der Waals surface area contributed by atoms with Crippen molar-refractivity contribution in [2.24, 2.45) is 0 Å². The highest BCUT2D eigenvalue weighted by Gasteiger charge is 2.15. The highest BCUT2D eigenvalue weighted by molar-refractivity contribution is 5.91. The number of fused-ring (bicyclic) bond motifs is 1. The maximum Gasteiger partial charge on any atom is 0.329 e. The minimum absolute atomic E-state index is 0.280. The van der Waals surface area contributed by atoms with Crippen molar-refractivity contribution < 1.29 is 4.79 Å². The Kier molecular flexibility index (Phi) is 5.36. The molecular formula is C19H22N4O3. The van der Waals surface area contributed by atoms with Gasteiger partial charge in [-0.25, -0.2) is 9.36 Å². The lowest BCUT2D eigenvalue weighted by molar-refractivity contribution is -0.121. The number of amides is 1. The summed E-state index contributed by atoms with van der Waals surface area (Å²) in [5, 5.41) is 2.74. The van der Waals surface area contributed by atoms with Gasteiger partial charge in [0.05, 0.1) is 5.52 Å². The monoisotopic (exact) mass is 354 g/mol. The predicted octanol–water partition coefficient (Wildman–Crippen LogP) is 1.99. The van der Waals surface area contributed by atoms with Gasteiger partial charge in [0, 0.05) is 18.3 Å². The van der Waals surface area contributed by atoms with E-state index in [1.807, 2.05) is 30.3 Å². The summed E-state index contributed by atoms with van der Waals surface area (Å²) in [6, 6.07) is 9.46. The summed E-state index contributed by atoms with van der Waals surface area (Å²) in [5.41, 5.74) is 1.26. The van der Waals surface area contributed by atoms with Gasteiger partial charge in [-0.1, -0.05) is 50.1 Å². The molecule has 3 N–H and O–H groups in total. The quantitative estimate of drug-likeness (QED) is 0.566. The van der Waals surface area contributed by atoms with E-state index in [0.29, 0.717) is 12.1 Å². The average molecular weight is 354 g/mol. The van der Waals surface area contributed by atoms with Gasteiger partial charge >= 0.3 is 5.69 Å². The van der Waals surface area contributed by atoms with Gasteiger partial charge in [0.15, 0.2) is 0 Å². The molecule has 0 aliphatic carbocycles. The lowest BCUT2D eigenvalue weighted by Crippen LogP contribution is -2.40. The molecule has 2 aromatic heterocycles. The number of unbranched alkanes of at least 4 members (excludes halogenated alkanes) is 2. The summed E-state index contributed by atoms with van der Waals surface area (Å²) >= 11 is 0. The Hall–Kier alpha value is -3.09. The number of hydrogen-bond acceptors (Lipinski definition) is 3. The second-order valence-electron chi connectivity index (χ2n) is 6.20. The lowest BCUT2D eigenvalue weighted by atomic mass is 10.1. The van der Waals surface area contributed by atoms with Crippen LogP contribution in [0.3, 0.4) is 0 Å². The molecule has 0 saturated carbocycles. The molecule has 0 aliphatic heterocycles. The third kappa shape index (κ3) is 3.61. The van der Waals surface area contributed by atoms with Crippen LogP contribution in [0, 0.1) is 0 Å². The highest BCUT2D eigenvalue weighted by atomic mass is 16.2. The van der Waals surface area contributed by atoms with Crippen LogP contribution < -0.4 is 16.6 Å². The number of carbonyl (C=O) groups excluding carboxylic acids is 1. The summed E-state index contributed by atoms with van der Waals surface area (Å²) in [6.07, 6.45) is 4.65. The van der Waals surface area contributed by atoms with Crippen molar-refractivity contribution in [1.82, 2.24) is 19.9 Å².